The molecule has 3 aliphatic rings. The number of hydrogen-bond donors (Lipinski definition) is 0. The zero-order chi connectivity index (χ0) is 16.9. The third kappa shape index (κ3) is 3.00. The molecule has 3 heterocycles. The van der Waals surface area contributed by atoms with E-state index in [1.54, 1.807) is 0 Å². The van der Waals surface area contributed by atoms with Gasteiger partial charge in [-0.05, 0) is 45.6 Å². The Morgan fingerprint density at radius 2 is 2.00 bits per heavy atom. The van der Waals surface area contributed by atoms with E-state index < -0.39 is 0 Å². The standard InChI is InChI=1S/C19H29N3O2/c1-19(2,3)21-7-6-15(10-21)18(23)20-8-9-22-16(11-20)12-24-13-17(22)14-4-5-14/h6-7,10,14,16-17H,4-5,8-9,11-13H2,1-3H3/t16-,17-/m1/s1. The van der Waals surface area contributed by atoms with E-state index in [1.807, 2.05) is 23.4 Å². The zero-order valence-corrected chi connectivity index (χ0v) is 15.1. The number of carbonyl (C=O) groups excluding carboxylic acids is 1. The molecule has 2 atom stereocenters. The topological polar surface area (TPSA) is 37.7 Å². The van der Waals surface area contributed by atoms with Gasteiger partial charge in [-0.25, -0.2) is 0 Å². The van der Waals surface area contributed by atoms with E-state index in [9.17, 15) is 4.79 Å². The second-order valence-electron chi connectivity index (χ2n) is 8.56. The summed E-state index contributed by atoms with van der Waals surface area (Å²) in [6.07, 6.45) is 6.69. The molecule has 2 saturated heterocycles. The van der Waals surface area contributed by atoms with Gasteiger partial charge in [0, 0.05) is 43.6 Å². The Balaban J connectivity index is 1.44. The van der Waals surface area contributed by atoms with E-state index in [-0.39, 0.29) is 11.4 Å². The average molecular weight is 331 g/mol. The van der Waals surface area contributed by atoms with Crippen molar-refractivity contribution in [1.29, 1.82) is 0 Å². The molecular weight excluding hydrogens is 302 g/mol. The molecule has 0 aromatic carbocycles. The fraction of sp³-hybridized carbons (Fsp3) is 0.737. The van der Waals surface area contributed by atoms with Crippen LogP contribution in [0, 0.1) is 5.92 Å². The molecule has 1 aromatic heterocycles. The lowest BCUT2D eigenvalue weighted by Crippen LogP contribution is -2.63. The van der Waals surface area contributed by atoms with Gasteiger partial charge in [0.05, 0.1) is 24.8 Å². The van der Waals surface area contributed by atoms with Gasteiger partial charge in [-0.15, -0.1) is 0 Å². The van der Waals surface area contributed by atoms with Crippen molar-refractivity contribution in [2.45, 2.75) is 51.2 Å². The van der Waals surface area contributed by atoms with E-state index in [2.05, 4.69) is 30.2 Å². The third-order valence-corrected chi connectivity index (χ3v) is 5.72. The van der Waals surface area contributed by atoms with Crippen molar-refractivity contribution >= 4 is 5.91 Å². The number of amides is 1. The van der Waals surface area contributed by atoms with Gasteiger partial charge in [0.15, 0.2) is 0 Å². The summed E-state index contributed by atoms with van der Waals surface area (Å²) in [6, 6.07) is 2.90. The first kappa shape index (κ1) is 16.2. The molecule has 1 saturated carbocycles. The Bertz CT molecular complexity index is 614. The van der Waals surface area contributed by atoms with Crippen molar-refractivity contribution in [2.24, 2.45) is 5.92 Å². The predicted molar refractivity (Wildman–Crippen MR) is 93.2 cm³/mol. The molecule has 0 N–H and O–H groups in total. The Morgan fingerprint density at radius 1 is 1.21 bits per heavy atom. The van der Waals surface area contributed by atoms with Crippen molar-refractivity contribution in [1.82, 2.24) is 14.4 Å². The summed E-state index contributed by atoms with van der Waals surface area (Å²) in [5.41, 5.74) is 0.806. The number of ether oxygens (including phenoxy) is 1. The minimum Gasteiger partial charge on any atom is -0.378 e. The molecular formula is C19H29N3O2. The number of fused-ring (bicyclic) bond motifs is 1. The second kappa shape index (κ2) is 5.88. The summed E-state index contributed by atoms with van der Waals surface area (Å²) < 4.78 is 7.97. The minimum absolute atomic E-state index is 0.00588. The molecule has 5 nitrogen and oxygen atoms in total. The lowest BCUT2D eigenvalue weighted by atomic mass is 10.0. The van der Waals surface area contributed by atoms with Gasteiger partial charge in [-0.2, -0.15) is 0 Å². The van der Waals surface area contributed by atoms with Gasteiger partial charge in [-0.1, -0.05) is 0 Å². The highest BCUT2D eigenvalue weighted by Crippen LogP contribution is 2.38. The van der Waals surface area contributed by atoms with E-state index in [0.717, 1.165) is 44.3 Å². The quantitative estimate of drug-likeness (QED) is 0.834. The van der Waals surface area contributed by atoms with Crippen LogP contribution in [-0.4, -0.2) is 65.2 Å². The lowest BCUT2D eigenvalue weighted by molar-refractivity contribution is -0.0816. The molecule has 2 aliphatic heterocycles. The van der Waals surface area contributed by atoms with Crippen LogP contribution in [-0.2, 0) is 10.3 Å². The molecule has 4 rings (SSSR count). The summed E-state index contributed by atoms with van der Waals surface area (Å²) in [7, 11) is 0. The summed E-state index contributed by atoms with van der Waals surface area (Å²) in [6.45, 7) is 10.7. The first-order valence-corrected chi connectivity index (χ1v) is 9.25. The molecule has 0 unspecified atom stereocenters. The van der Waals surface area contributed by atoms with Crippen LogP contribution in [0.1, 0.15) is 44.0 Å². The monoisotopic (exact) mass is 331 g/mol. The maximum absolute atomic E-state index is 12.9. The van der Waals surface area contributed by atoms with Crippen molar-refractivity contribution < 1.29 is 9.53 Å². The van der Waals surface area contributed by atoms with Crippen molar-refractivity contribution in [3.05, 3.63) is 24.0 Å². The number of piperazine rings is 1. The van der Waals surface area contributed by atoms with Gasteiger partial charge in [0.25, 0.3) is 5.91 Å². The molecule has 1 aliphatic carbocycles. The highest BCUT2D eigenvalue weighted by Gasteiger charge is 2.43. The molecule has 5 heteroatoms. The fourth-order valence-corrected chi connectivity index (χ4v) is 4.07. The van der Waals surface area contributed by atoms with Crippen LogP contribution < -0.4 is 0 Å². The Labute approximate surface area is 144 Å². The largest absolute Gasteiger partial charge is 0.378 e. The Kier molecular flexibility index (Phi) is 3.96. The van der Waals surface area contributed by atoms with Crippen LogP contribution in [0.5, 0.6) is 0 Å². The molecule has 1 aromatic rings. The highest BCUT2D eigenvalue weighted by atomic mass is 16.5. The SMILES string of the molecule is CC(C)(C)n1ccc(C(=O)N2CCN3[C@@H](COC[C@@H]3C3CC3)C2)c1. The average Bonchev–Trinajstić information content (AvgIpc) is 3.27. The van der Waals surface area contributed by atoms with Crippen molar-refractivity contribution in [2.75, 3.05) is 32.8 Å². The van der Waals surface area contributed by atoms with Crippen molar-refractivity contribution in [3.8, 4) is 0 Å². The maximum atomic E-state index is 12.9. The van der Waals surface area contributed by atoms with Crippen LogP contribution in [0.2, 0.25) is 0 Å². The Morgan fingerprint density at radius 3 is 2.67 bits per heavy atom. The lowest BCUT2D eigenvalue weighted by Gasteiger charge is -2.48. The summed E-state index contributed by atoms with van der Waals surface area (Å²) in [5.74, 6) is 0.988. The van der Waals surface area contributed by atoms with E-state index in [1.165, 1.54) is 12.8 Å². The summed E-state index contributed by atoms with van der Waals surface area (Å²) >= 11 is 0. The van der Waals surface area contributed by atoms with E-state index in [0.29, 0.717) is 12.1 Å². The van der Waals surface area contributed by atoms with Crippen LogP contribution in [0.3, 0.4) is 0 Å². The molecule has 0 spiro atoms. The highest BCUT2D eigenvalue weighted by molar-refractivity contribution is 5.94. The predicted octanol–water partition coefficient (Wildman–Crippen LogP) is 2.18. The van der Waals surface area contributed by atoms with Gasteiger partial charge in [0.1, 0.15) is 0 Å². The van der Waals surface area contributed by atoms with Gasteiger partial charge in [0.2, 0.25) is 0 Å². The van der Waals surface area contributed by atoms with Crippen LogP contribution in [0.15, 0.2) is 18.5 Å². The smallest absolute Gasteiger partial charge is 0.255 e. The molecule has 132 valence electrons. The first-order chi connectivity index (χ1) is 11.4. The minimum atomic E-state index is 0.00588. The van der Waals surface area contributed by atoms with Gasteiger partial charge in [-0.3, -0.25) is 9.69 Å². The molecule has 0 bridgehead atoms. The van der Waals surface area contributed by atoms with Crippen LogP contribution >= 0.6 is 0 Å². The second-order valence-corrected chi connectivity index (χ2v) is 8.56. The van der Waals surface area contributed by atoms with E-state index in [4.69, 9.17) is 4.74 Å². The number of nitrogens with zero attached hydrogens (tertiary/aromatic N) is 3. The Hall–Kier alpha value is -1.33. The van der Waals surface area contributed by atoms with Crippen LogP contribution in [0.4, 0.5) is 0 Å². The number of aromatic nitrogens is 1. The first-order valence-electron chi connectivity index (χ1n) is 9.25. The van der Waals surface area contributed by atoms with E-state index >= 15 is 0 Å². The number of morpholine rings is 1. The zero-order valence-electron chi connectivity index (χ0n) is 15.1. The normalized spacial score (nSPS) is 28.7. The number of rotatable bonds is 2. The van der Waals surface area contributed by atoms with Crippen molar-refractivity contribution in [3.63, 3.8) is 0 Å². The molecule has 3 fully saturated rings. The molecule has 24 heavy (non-hydrogen) atoms. The fourth-order valence-electron chi connectivity index (χ4n) is 4.07. The third-order valence-electron chi connectivity index (χ3n) is 5.72. The van der Waals surface area contributed by atoms with Crippen LogP contribution in [0.25, 0.3) is 0 Å². The molecule has 0 radical (unpaired) electrons. The maximum Gasteiger partial charge on any atom is 0.255 e. The van der Waals surface area contributed by atoms with Gasteiger partial charge >= 0.3 is 0 Å². The summed E-state index contributed by atoms with van der Waals surface area (Å²) in [5, 5.41) is 0. The summed E-state index contributed by atoms with van der Waals surface area (Å²) in [4.78, 5) is 17.5. The number of carbonyl (C=O) groups is 1. The molecule has 1 amide bonds. The van der Waals surface area contributed by atoms with Gasteiger partial charge < -0.3 is 14.2 Å². The number of hydrogen-bond acceptors (Lipinski definition) is 3.